The summed E-state index contributed by atoms with van der Waals surface area (Å²) in [4.78, 5) is 23.8. The van der Waals surface area contributed by atoms with E-state index in [1.54, 1.807) is 6.20 Å². The molecule has 8 nitrogen and oxygen atoms in total. The van der Waals surface area contributed by atoms with Gasteiger partial charge in [0.05, 0.1) is 30.6 Å². The fraction of sp³-hybridized carbons (Fsp3) is 0.611. The molecule has 1 fully saturated rings. The molecule has 2 aromatic heterocycles. The van der Waals surface area contributed by atoms with E-state index in [0.717, 1.165) is 24.2 Å². The molecule has 0 radical (unpaired) electrons. The van der Waals surface area contributed by atoms with Gasteiger partial charge in [-0.3, -0.25) is 4.79 Å². The Labute approximate surface area is 152 Å². The highest BCUT2D eigenvalue weighted by Crippen LogP contribution is 2.30. The molecule has 0 saturated carbocycles. The molecule has 2 aliphatic heterocycles. The van der Waals surface area contributed by atoms with Crippen LogP contribution in [-0.4, -0.2) is 55.0 Å². The number of amides is 1. The highest BCUT2D eigenvalue weighted by atomic mass is 16.5. The predicted molar refractivity (Wildman–Crippen MR) is 93.5 cm³/mol. The minimum Gasteiger partial charge on any atom is -0.370 e. The molecular weight excluding hydrogens is 332 g/mol. The number of ether oxygens (including phenoxy) is 1. The average molecular weight is 356 g/mol. The zero-order valence-electron chi connectivity index (χ0n) is 15.4. The zero-order valence-corrected chi connectivity index (χ0v) is 15.4. The van der Waals surface area contributed by atoms with E-state index in [4.69, 9.17) is 4.74 Å². The molecule has 0 bridgehead atoms. The number of aryl methyl sites for hydroxylation is 1. The first-order valence-electron chi connectivity index (χ1n) is 9.15. The lowest BCUT2D eigenvalue weighted by atomic mass is 10.00. The van der Waals surface area contributed by atoms with Gasteiger partial charge in [0, 0.05) is 18.8 Å². The van der Waals surface area contributed by atoms with Crippen LogP contribution in [0.5, 0.6) is 0 Å². The van der Waals surface area contributed by atoms with Gasteiger partial charge in [0.1, 0.15) is 11.5 Å². The standard InChI is InChI=1S/C18H24N6O2/c1-11(2)6-13-7-15(21-12(3)20-13)18(25)23-5-4-17-16(9-23)24-14(10-26-17)8-19-22-24/h7-8,11,16-17H,4-6,9-10H2,1-3H3/t16-,17+/m1/s1. The summed E-state index contributed by atoms with van der Waals surface area (Å²) >= 11 is 0. The summed E-state index contributed by atoms with van der Waals surface area (Å²) in [6, 6.07) is 1.84. The van der Waals surface area contributed by atoms with E-state index in [2.05, 4.69) is 34.1 Å². The Hall–Kier alpha value is -2.35. The van der Waals surface area contributed by atoms with E-state index >= 15 is 0 Å². The first kappa shape index (κ1) is 17.1. The second-order valence-corrected chi connectivity index (χ2v) is 7.52. The van der Waals surface area contributed by atoms with Crippen LogP contribution in [0.15, 0.2) is 12.3 Å². The molecule has 1 saturated heterocycles. The van der Waals surface area contributed by atoms with Crippen molar-refractivity contribution >= 4 is 5.91 Å². The van der Waals surface area contributed by atoms with Crippen molar-refractivity contribution in [2.45, 2.75) is 52.4 Å². The number of hydrogen-bond acceptors (Lipinski definition) is 6. The molecule has 0 spiro atoms. The lowest BCUT2D eigenvalue weighted by Crippen LogP contribution is -2.50. The topological polar surface area (TPSA) is 86.0 Å². The zero-order chi connectivity index (χ0) is 18.3. The number of fused-ring (bicyclic) bond motifs is 3. The van der Waals surface area contributed by atoms with Crippen molar-refractivity contribution in [1.82, 2.24) is 29.9 Å². The molecule has 4 rings (SSSR count). The number of carbonyl (C=O) groups excluding carboxylic acids is 1. The number of rotatable bonds is 3. The van der Waals surface area contributed by atoms with Gasteiger partial charge >= 0.3 is 0 Å². The lowest BCUT2D eigenvalue weighted by Gasteiger charge is -2.40. The van der Waals surface area contributed by atoms with E-state index in [-0.39, 0.29) is 18.1 Å². The molecule has 2 aliphatic rings. The molecule has 0 aromatic carbocycles. The van der Waals surface area contributed by atoms with Gasteiger partial charge in [-0.25, -0.2) is 14.6 Å². The van der Waals surface area contributed by atoms with Crippen LogP contribution in [0.3, 0.4) is 0 Å². The van der Waals surface area contributed by atoms with Gasteiger partial charge < -0.3 is 9.64 Å². The summed E-state index contributed by atoms with van der Waals surface area (Å²) in [6.45, 7) is 7.87. The van der Waals surface area contributed by atoms with Gasteiger partial charge in [-0.05, 0) is 31.7 Å². The van der Waals surface area contributed by atoms with Gasteiger partial charge in [0.15, 0.2) is 0 Å². The molecule has 8 heteroatoms. The normalized spacial score (nSPS) is 22.2. The molecule has 2 atom stereocenters. The second-order valence-electron chi connectivity index (χ2n) is 7.52. The molecule has 2 aromatic rings. The Morgan fingerprint density at radius 2 is 2.23 bits per heavy atom. The van der Waals surface area contributed by atoms with Crippen molar-refractivity contribution in [3.8, 4) is 0 Å². The fourth-order valence-electron chi connectivity index (χ4n) is 3.79. The van der Waals surface area contributed by atoms with Gasteiger partial charge in [-0.2, -0.15) is 0 Å². The Kier molecular flexibility index (Phi) is 4.44. The van der Waals surface area contributed by atoms with Crippen LogP contribution in [-0.2, 0) is 17.8 Å². The highest BCUT2D eigenvalue weighted by molar-refractivity contribution is 5.92. The van der Waals surface area contributed by atoms with Crippen LogP contribution in [0.25, 0.3) is 0 Å². The summed E-state index contributed by atoms with van der Waals surface area (Å²) in [5.74, 6) is 1.07. The van der Waals surface area contributed by atoms with Crippen molar-refractivity contribution in [3.63, 3.8) is 0 Å². The maximum atomic E-state index is 13.1. The van der Waals surface area contributed by atoms with Crippen LogP contribution >= 0.6 is 0 Å². The summed E-state index contributed by atoms with van der Waals surface area (Å²) in [5.41, 5.74) is 2.35. The number of piperidine rings is 1. The molecule has 4 heterocycles. The van der Waals surface area contributed by atoms with E-state index < -0.39 is 0 Å². The Balaban J connectivity index is 1.55. The summed E-state index contributed by atoms with van der Waals surface area (Å²) in [5, 5.41) is 8.17. The molecule has 1 amide bonds. The summed E-state index contributed by atoms with van der Waals surface area (Å²) in [7, 11) is 0. The van der Waals surface area contributed by atoms with Crippen molar-refractivity contribution in [2.24, 2.45) is 5.92 Å². The van der Waals surface area contributed by atoms with Crippen molar-refractivity contribution < 1.29 is 9.53 Å². The van der Waals surface area contributed by atoms with Crippen molar-refractivity contribution in [2.75, 3.05) is 13.1 Å². The van der Waals surface area contributed by atoms with Gasteiger partial charge in [0.2, 0.25) is 0 Å². The number of hydrogen-bond donors (Lipinski definition) is 0. The van der Waals surface area contributed by atoms with Crippen molar-refractivity contribution in [1.29, 1.82) is 0 Å². The van der Waals surface area contributed by atoms with Crippen LogP contribution < -0.4 is 0 Å². The third kappa shape index (κ3) is 3.21. The number of likely N-dealkylation sites (tertiary alicyclic amines) is 1. The van der Waals surface area contributed by atoms with Gasteiger partial charge in [0.25, 0.3) is 5.91 Å². The number of aromatic nitrogens is 5. The average Bonchev–Trinajstić information content (AvgIpc) is 3.08. The lowest BCUT2D eigenvalue weighted by molar-refractivity contribution is -0.0605. The largest absolute Gasteiger partial charge is 0.370 e. The maximum Gasteiger partial charge on any atom is 0.272 e. The molecule has 138 valence electrons. The molecule has 0 N–H and O–H groups in total. The first-order chi connectivity index (χ1) is 12.5. The van der Waals surface area contributed by atoms with E-state index in [0.29, 0.717) is 37.1 Å². The van der Waals surface area contributed by atoms with Gasteiger partial charge in [-0.15, -0.1) is 5.10 Å². The minimum atomic E-state index is -0.0498. The van der Waals surface area contributed by atoms with Crippen LogP contribution in [0.2, 0.25) is 0 Å². The highest BCUT2D eigenvalue weighted by Gasteiger charge is 2.38. The minimum absolute atomic E-state index is 0.0111. The Morgan fingerprint density at radius 3 is 3.04 bits per heavy atom. The van der Waals surface area contributed by atoms with Crippen LogP contribution in [0.4, 0.5) is 0 Å². The molecule has 0 unspecified atom stereocenters. The summed E-state index contributed by atoms with van der Waals surface area (Å²) < 4.78 is 7.82. The Bertz CT molecular complexity index is 818. The molecular formula is C18H24N6O2. The van der Waals surface area contributed by atoms with Crippen LogP contribution in [0, 0.1) is 12.8 Å². The summed E-state index contributed by atoms with van der Waals surface area (Å²) in [6.07, 6.45) is 3.43. The molecule has 0 aliphatic carbocycles. The SMILES string of the molecule is Cc1nc(CC(C)C)cc(C(=O)N2CC[C@@H]3OCc4cnnn4[C@@H]3C2)n1. The third-order valence-electron chi connectivity index (χ3n) is 4.94. The quantitative estimate of drug-likeness (QED) is 0.830. The predicted octanol–water partition coefficient (Wildman–Crippen LogP) is 1.56. The number of carbonyl (C=O) groups is 1. The monoisotopic (exact) mass is 356 g/mol. The van der Waals surface area contributed by atoms with E-state index in [1.165, 1.54) is 0 Å². The smallest absolute Gasteiger partial charge is 0.272 e. The first-order valence-corrected chi connectivity index (χ1v) is 9.15. The maximum absolute atomic E-state index is 13.1. The number of nitrogens with zero attached hydrogens (tertiary/aromatic N) is 6. The third-order valence-corrected chi connectivity index (χ3v) is 4.94. The second kappa shape index (κ2) is 6.75. The molecule has 26 heavy (non-hydrogen) atoms. The van der Waals surface area contributed by atoms with Crippen LogP contribution in [0.1, 0.15) is 54.0 Å². The fourth-order valence-corrected chi connectivity index (χ4v) is 3.79. The van der Waals surface area contributed by atoms with E-state index in [1.807, 2.05) is 22.6 Å². The van der Waals surface area contributed by atoms with E-state index in [9.17, 15) is 4.79 Å². The van der Waals surface area contributed by atoms with Gasteiger partial charge in [-0.1, -0.05) is 19.1 Å². The van der Waals surface area contributed by atoms with Crippen molar-refractivity contribution in [3.05, 3.63) is 35.2 Å². The Morgan fingerprint density at radius 1 is 1.38 bits per heavy atom.